The van der Waals surface area contributed by atoms with Gasteiger partial charge in [0.15, 0.2) is 0 Å². The minimum atomic E-state index is -0.892. The first-order chi connectivity index (χ1) is 9.00. The van der Waals surface area contributed by atoms with Gasteiger partial charge in [-0.3, -0.25) is 4.79 Å². The number of aryl methyl sites for hydroxylation is 1. The molecule has 0 aliphatic carbocycles. The van der Waals surface area contributed by atoms with Gasteiger partial charge >= 0.3 is 0 Å². The molecule has 0 unspecified atom stereocenters. The topological polar surface area (TPSA) is 65.2 Å². The van der Waals surface area contributed by atoms with Gasteiger partial charge in [-0.15, -0.1) is 0 Å². The first-order valence-electron chi connectivity index (χ1n) is 5.38. The molecule has 6 heteroatoms. The molecule has 0 fully saturated rings. The van der Waals surface area contributed by atoms with Crippen LogP contribution >= 0.6 is 15.9 Å². The summed E-state index contributed by atoms with van der Waals surface area (Å²) in [6.07, 6.45) is 1.55. The second kappa shape index (κ2) is 5.36. The van der Waals surface area contributed by atoms with Crippen molar-refractivity contribution in [2.24, 2.45) is 5.73 Å². The molecule has 1 aromatic heterocycles. The second-order valence-electron chi connectivity index (χ2n) is 3.83. The Morgan fingerprint density at radius 3 is 2.84 bits per heavy atom. The monoisotopic (exact) mass is 324 g/mol. The number of rotatable bonds is 3. The lowest BCUT2D eigenvalue weighted by Gasteiger charge is -2.11. The summed E-state index contributed by atoms with van der Waals surface area (Å²) < 4.78 is 19.7. The molecular weight excluding hydrogens is 315 g/mol. The van der Waals surface area contributed by atoms with Crippen LogP contribution in [0.15, 0.2) is 34.9 Å². The van der Waals surface area contributed by atoms with Gasteiger partial charge < -0.3 is 10.5 Å². The average molecular weight is 325 g/mol. The molecule has 0 atom stereocenters. The number of amides is 1. The van der Waals surface area contributed by atoms with E-state index in [-0.39, 0.29) is 17.2 Å². The van der Waals surface area contributed by atoms with Gasteiger partial charge in [-0.05, 0) is 46.6 Å². The minimum Gasteiger partial charge on any atom is -0.437 e. The number of nitrogens with zero attached hydrogens (tertiary/aromatic N) is 1. The van der Waals surface area contributed by atoms with Gasteiger partial charge in [0.2, 0.25) is 5.88 Å². The van der Waals surface area contributed by atoms with E-state index in [0.717, 1.165) is 11.6 Å². The molecule has 0 aliphatic heterocycles. The standard InChI is InChI=1S/C13H10BrFN2O2/c1-7-5-6-17-13(11(7)14)19-9-4-2-3-8(15)10(9)12(16)18/h2-6H,1H3,(H2,16,18). The molecule has 2 rings (SSSR count). The average Bonchev–Trinajstić information content (AvgIpc) is 2.34. The fraction of sp³-hybridized carbons (Fsp3) is 0.0769. The molecule has 0 radical (unpaired) electrons. The van der Waals surface area contributed by atoms with Gasteiger partial charge in [-0.25, -0.2) is 9.37 Å². The molecule has 1 amide bonds. The number of benzene rings is 1. The van der Waals surface area contributed by atoms with Gasteiger partial charge in [0.05, 0.1) is 4.47 Å². The highest BCUT2D eigenvalue weighted by atomic mass is 79.9. The first kappa shape index (κ1) is 13.5. The molecule has 0 saturated heterocycles. The van der Waals surface area contributed by atoms with Crippen LogP contribution in [0.25, 0.3) is 0 Å². The second-order valence-corrected chi connectivity index (χ2v) is 4.62. The maximum absolute atomic E-state index is 13.6. The SMILES string of the molecule is Cc1ccnc(Oc2cccc(F)c2C(N)=O)c1Br. The number of carbonyl (C=O) groups excluding carboxylic acids is 1. The number of pyridine rings is 1. The van der Waals surface area contributed by atoms with E-state index >= 15 is 0 Å². The van der Waals surface area contributed by atoms with Crippen molar-refractivity contribution in [3.05, 3.63) is 51.9 Å². The summed E-state index contributed by atoms with van der Waals surface area (Å²) in [4.78, 5) is 15.3. The third kappa shape index (κ3) is 2.73. The van der Waals surface area contributed by atoms with E-state index < -0.39 is 11.7 Å². The van der Waals surface area contributed by atoms with Gasteiger partial charge in [0.1, 0.15) is 17.1 Å². The summed E-state index contributed by atoms with van der Waals surface area (Å²) in [6, 6.07) is 5.82. The summed E-state index contributed by atoms with van der Waals surface area (Å²) in [6.45, 7) is 1.86. The van der Waals surface area contributed by atoms with Crippen molar-refractivity contribution in [1.29, 1.82) is 0 Å². The van der Waals surface area contributed by atoms with Crippen molar-refractivity contribution in [3.63, 3.8) is 0 Å². The van der Waals surface area contributed by atoms with Crippen LogP contribution in [0, 0.1) is 12.7 Å². The van der Waals surface area contributed by atoms with E-state index in [4.69, 9.17) is 10.5 Å². The van der Waals surface area contributed by atoms with Crippen LogP contribution in [0.1, 0.15) is 15.9 Å². The highest BCUT2D eigenvalue weighted by Crippen LogP contribution is 2.32. The zero-order valence-corrected chi connectivity index (χ0v) is 11.6. The summed E-state index contributed by atoms with van der Waals surface area (Å²) in [5.74, 6) is -1.34. The molecule has 0 spiro atoms. The van der Waals surface area contributed by atoms with E-state index in [2.05, 4.69) is 20.9 Å². The van der Waals surface area contributed by atoms with E-state index in [1.165, 1.54) is 12.1 Å². The van der Waals surface area contributed by atoms with Crippen LogP contribution in [-0.4, -0.2) is 10.9 Å². The van der Waals surface area contributed by atoms with Gasteiger partial charge in [0.25, 0.3) is 5.91 Å². The van der Waals surface area contributed by atoms with Gasteiger partial charge in [-0.1, -0.05) is 6.07 Å². The van der Waals surface area contributed by atoms with E-state index in [1.807, 2.05) is 6.92 Å². The van der Waals surface area contributed by atoms with E-state index in [0.29, 0.717) is 4.47 Å². The molecule has 0 aliphatic rings. The fourth-order valence-electron chi connectivity index (χ4n) is 1.52. The van der Waals surface area contributed by atoms with Crippen LogP contribution < -0.4 is 10.5 Å². The molecule has 0 saturated carbocycles. The van der Waals surface area contributed by atoms with Crippen molar-refractivity contribution in [2.45, 2.75) is 6.92 Å². The Hall–Kier alpha value is -1.95. The molecule has 98 valence electrons. The molecule has 1 aromatic carbocycles. The van der Waals surface area contributed by atoms with Crippen molar-refractivity contribution in [2.75, 3.05) is 0 Å². The van der Waals surface area contributed by atoms with Crippen molar-refractivity contribution in [3.8, 4) is 11.6 Å². The molecule has 2 N–H and O–H groups in total. The predicted octanol–water partition coefficient (Wildman–Crippen LogP) is 3.18. The smallest absolute Gasteiger partial charge is 0.255 e. The Balaban J connectivity index is 2.47. The van der Waals surface area contributed by atoms with Crippen LogP contribution in [0.2, 0.25) is 0 Å². The lowest BCUT2D eigenvalue weighted by atomic mass is 10.2. The Morgan fingerprint density at radius 2 is 2.16 bits per heavy atom. The van der Waals surface area contributed by atoms with Crippen molar-refractivity contribution >= 4 is 21.8 Å². The molecule has 4 nitrogen and oxygen atoms in total. The van der Waals surface area contributed by atoms with E-state index in [1.54, 1.807) is 12.3 Å². The number of hydrogen-bond donors (Lipinski definition) is 1. The minimum absolute atomic E-state index is 0.0336. The number of carbonyl (C=O) groups is 1. The van der Waals surface area contributed by atoms with Gasteiger partial charge in [-0.2, -0.15) is 0 Å². The van der Waals surface area contributed by atoms with Crippen molar-refractivity contribution < 1.29 is 13.9 Å². The Labute approximate surface area is 117 Å². The summed E-state index contributed by atoms with van der Waals surface area (Å²) >= 11 is 3.32. The lowest BCUT2D eigenvalue weighted by Crippen LogP contribution is -2.14. The summed E-state index contributed by atoms with van der Waals surface area (Å²) in [5.41, 5.74) is 5.76. The molecular formula is C13H10BrFN2O2. The van der Waals surface area contributed by atoms with E-state index in [9.17, 15) is 9.18 Å². The number of ether oxygens (including phenoxy) is 1. The number of primary amides is 1. The zero-order chi connectivity index (χ0) is 14.0. The largest absolute Gasteiger partial charge is 0.437 e. The number of nitrogens with two attached hydrogens (primary N) is 1. The Bertz CT molecular complexity index is 647. The molecule has 0 bridgehead atoms. The normalized spacial score (nSPS) is 10.3. The third-order valence-electron chi connectivity index (χ3n) is 2.48. The van der Waals surface area contributed by atoms with Crippen molar-refractivity contribution in [1.82, 2.24) is 4.98 Å². The fourth-order valence-corrected chi connectivity index (χ4v) is 1.83. The summed E-state index contributed by atoms with van der Waals surface area (Å²) in [7, 11) is 0. The first-order valence-corrected chi connectivity index (χ1v) is 6.17. The quantitative estimate of drug-likeness (QED) is 0.942. The predicted molar refractivity (Wildman–Crippen MR) is 71.7 cm³/mol. The Morgan fingerprint density at radius 1 is 1.42 bits per heavy atom. The molecule has 2 aromatic rings. The van der Waals surface area contributed by atoms with Crippen LogP contribution in [0.5, 0.6) is 11.6 Å². The lowest BCUT2D eigenvalue weighted by molar-refractivity contribution is 0.0994. The zero-order valence-electron chi connectivity index (χ0n) is 9.98. The highest BCUT2D eigenvalue weighted by molar-refractivity contribution is 9.10. The molecule has 1 heterocycles. The third-order valence-corrected chi connectivity index (χ3v) is 3.44. The van der Waals surface area contributed by atoms with Crippen LogP contribution in [0.4, 0.5) is 4.39 Å². The highest BCUT2D eigenvalue weighted by Gasteiger charge is 2.17. The molecule has 19 heavy (non-hydrogen) atoms. The number of hydrogen-bond acceptors (Lipinski definition) is 3. The van der Waals surface area contributed by atoms with Crippen LogP contribution in [-0.2, 0) is 0 Å². The van der Waals surface area contributed by atoms with Crippen LogP contribution in [0.3, 0.4) is 0 Å². The maximum Gasteiger partial charge on any atom is 0.255 e. The maximum atomic E-state index is 13.6. The number of aromatic nitrogens is 1. The number of halogens is 2. The summed E-state index contributed by atoms with van der Waals surface area (Å²) in [5, 5.41) is 0. The van der Waals surface area contributed by atoms with Gasteiger partial charge in [0, 0.05) is 6.20 Å². The Kier molecular flexibility index (Phi) is 3.80.